The molecular weight excluding hydrogens is 208 g/mol. The normalized spacial score (nSPS) is 25.6. The predicted molar refractivity (Wildman–Crippen MR) is 74.3 cm³/mol. The molecule has 0 saturated heterocycles. The van der Waals surface area contributed by atoms with E-state index in [1.54, 1.807) is 0 Å². The molecule has 2 aliphatic rings. The monoisotopic (exact) mass is 238 g/mol. The van der Waals surface area contributed by atoms with Gasteiger partial charge >= 0.3 is 0 Å². The van der Waals surface area contributed by atoms with Crippen LogP contribution in [0, 0.1) is 5.92 Å². The summed E-state index contributed by atoms with van der Waals surface area (Å²) in [4.78, 5) is 2.48. The average Bonchev–Trinajstić information content (AvgIpc) is 2.83. The van der Waals surface area contributed by atoms with Crippen molar-refractivity contribution in [2.24, 2.45) is 5.92 Å². The molecule has 2 rings (SSSR count). The number of nitrogens with zero attached hydrogens (tertiary/aromatic N) is 1. The van der Waals surface area contributed by atoms with Gasteiger partial charge in [0.2, 0.25) is 0 Å². The van der Waals surface area contributed by atoms with Crippen LogP contribution in [0.1, 0.15) is 57.8 Å². The van der Waals surface area contributed by atoms with Crippen LogP contribution >= 0.6 is 0 Å². The summed E-state index contributed by atoms with van der Waals surface area (Å²) in [6.07, 6.45) is 12.9. The number of hydrogen-bond acceptors (Lipinski definition) is 2. The van der Waals surface area contributed by atoms with Gasteiger partial charge in [-0.3, -0.25) is 0 Å². The van der Waals surface area contributed by atoms with E-state index in [9.17, 15) is 0 Å². The minimum atomic E-state index is 0.455. The zero-order chi connectivity index (χ0) is 12.1. The summed E-state index contributed by atoms with van der Waals surface area (Å²) in [6.45, 7) is 2.46. The van der Waals surface area contributed by atoms with Crippen molar-refractivity contribution in [3.63, 3.8) is 0 Å². The number of hydrogen-bond donors (Lipinski definition) is 1. The molecule has 0 atom stereocenters. The van der Waals surface area contributed by atoms with Crippen molar-refractivity contribution in [3.8, 4) is 0 Å². The lowest BCUT2D eigenvalue weighted by Crippen LogP contribution is -2.53. The van der Waals surface area contributed by atoms with Crippen LogP contribution in [-0.2, 0) is 0 Å². The Morgan fingerprint density at radius 3 is 2.24 bits per heavy atom. The van der Waals surface area contributed by atoms with Gasteiger partial charge in [0, 0.05) is 12.1 Å². The van der Waals surface area contributed by atoms with Crippen molar-refractivity contribution in [1.29, 1.82) is 0 Å². The Labute approximate surface area is 107 Å². The average molecular weight is 238 g/mol. The van der Waals surface area contributed by atoms with Gasteiger partial charge in [-0.05, 0) is 52.2 Å². The molecule has 100 valence electrons. The third-order valence-electron chi connectivity index (χ3n) is 5.09. The third kappa shape index (κ3) is 3.45. The second-order valence-corrected chi connectivity index (χ2v) is 6.46. The fourth-order valence-electron chi connectivity index (χ4n) is 3.72. The maximum atomic E-state index is 3.78. The topological polar surface area (TPSA) is 15.3 Å². The van der Waals surface area contributed by atoms with Crippen LogP contribution in [-0.4, -0.2) is 37.6 Å². The first-order valence-electron chi connectivity index (χ1n) is 7.61. The van der Waals surface area contributed by atoms with E-state index in [0.717, 1.165) is 5.92 Å². The molecule has 2 heteroatoms. The second kappa shape index (κ2) is 6.19. The number of likely N-dealkylation sites (N-methyl/N-ethyl adjacent to an activating group) is 1. The molecule has 0 spiro atoms. The molecule has 0 aromatic heterocycles. The molecule has 0 radical (unpaired) electrons. The van der Waals surface area contributed by atoms with Gasteiger partial charge in [-0.1, -0.05) is 32.1 Å². The molecule has 17 heavy (non-hydrogen) atoms. The largest absolute Gasteiger partial charge is 0.315 e. The van der Waals surface area contributed by atoms with Crippen LogP contribution in [0.25, 0.3) is 0 Å². The highest BCUT2D eigenvalue weighted by molar-refractivity contribution is 4.92. The molecule has 0 bridgehead atoms. The molecule has 0 aromatic rings. The summed E-state index contributed by atoms with van der Waals surface area (Å²) >= 11 is 0. The summed E-state index contributed by atoms with van der Waals surface area (Å²) in [7, 11) is 4.53. The summed E-state index contributed by atoms with van der Waals surface area (Å²) < 4.78 is 0. The Kier molecular flexibility index (Phi) is 4.87. The van der Waals surface area contributed by atoms with Crippen LogP contribution in [0.4, 0.5) is 0 Å². The van der Waals surface area contributed by atoms with E-state index >= 15 is 0 Å². The first-order valence-corrected chi connectivity index (χ1v) is 7.61. The predicted octanol–water partition coefficient (Wildman–Crippen LogP) is 3.03. The van der Waals surface area contributed by atoms with E-state index in [2.05, 4.69) is 24.3 Å². The highest BCUT2D eigenvalue weighted by Gasteiger charge is 2.33. The standard InChI is InChI=1S/C15H30N2/c1-17(2)15(10-6-3-7-11-15)13-16-12-14-8-4-5-9-14/h14,16H,3-13H2,1-2H3. The molecule has 2 fully saturated rings. The van der Waals surface area contributed by atoms with E-state index < -0.39 is 0 Å². The van der Waals surface area contributed by atoms with E-state index in [0.29, 0.717) is 5.54 Å². The Morgan fingerprint density at radius 2 is 1.65 bits per heavy atom. The summed E-state index contributed by atoms with van der Waals surface area (Å²) in [5.74, 6) is 0.970. The molecule has 2 aliphatic carbocycles. The lowest BCUT2D eigenvalue weighted by Gasteiger charge is -2.43. The molecular formula is C15H30N2. The van der Waals surface area contributed by atoms with Gasteiger partial charge in [-0.25, -0.2) is 0 Å². The van der Waals surface area contributed by atoms with Gasteiger partial charge in [-0.15, -0.1) is 0 Å². The number of nitrogens with one attached hydrogen (secondary N) is 1. The molecule has 2 nitrogen and oxygen atoms in total. The maximum absolute atomic E-state index is 3.78. The van der Waals surface area contributed by atoms with Crippen LogP contribution < -0.4 is 5.32 Å². The maximum Gasteiger partial charge on any atom is 0.0327 e. The summed E-state index contributed by atoms with van der Waals surface area (Å²) in [5, 5.41) is 3.78. The van der Waals surface area contributed by atoms with Crippen LogP contribution in [0.5, 0.6) is 0 Å². The lowest BCUT2D eigenvalue weighted by atomic mass is 9.80. The van der Waals surface area contributed by atoms with Crippen molar-refractivity contribution < 1.29 is 0 Å². The first-order chi connectivity index (χ1) is 8.23. The van der Waals surface area contributed by atoms with Crippen molar-refractivity contribution in [2.75, 3.05) is 27.2 Å². The lowest BCUT2D eigenvalue weighted by molar-refractivity contribution is 0.0976. The SMILES string of the molecule is CN(C)C1(CNCC2CCCC2)CCCCC1. The zero-order valence-corrected chi connectivity index (χ0v) is 11.8. The van der Waals surface area contributed by atoms with E-state index in [-0.39, 0.29) is 0 Å². The summed E-state index contributed by atoms with van der Waals surface area (Å²) in [6, 6.07) is 0. The molecule has 0 amide bonds. The van der Waals surface area contributed by atoms with Gasteiger partial charge < -0.3 is 10.2 Å². The first kappa shape index (κ1) is 13.4. The van der Waals surface area contributed by atoms with E-state index in [1.807, 2.05) is 0 Å². The second-order valence-electron chi connectivity index (χ2n) is 6.46. The highest BCUT2D eigenvalue weighted by atomic mass is 15.2. The minimum Gasteiger partial charge on any atom is -0.315 e. The van der Waals surface area contributed by atoms with Gasteiger partial charge in [0.1, 0.15) is 0 Å². The van der Waals surface area contributed by atoms with Crippen molar-refractivity contribution in [1.82, 2.24) is 10.2 Å². The zero-order valence-electron chi connectivity index (χ0n) is 11.8. The molecule has 0 aliphatic heterocycles. The molecule has 0 heterocycles. The van der Waals surface area contributed by atoms with Crippen LogP contribution in [0.3, 0.4) is 0 Å². The Balaban J connectivity index is 1.76. The van der Waals surface area contributed by atoms with Gasteiger partial charge in [0.25, 0.3) is 0 Å². The molecule has 0 unspecified atom stereocenters. The number of rotatable bonds is 5. The third-order valence-corrected chi connectivity index (χ3v) is 5.09. The minimum absolute atomic E-state index is 0.455. The quantitative estimate of drug-likeness (QED) is 0.792. The Morgan fingerprint density at radius 1 is 1.00 bits per heavy atom. The fraction of sp³-hybridized carbons (Fsp3) is 1.00. The van der Waals surface area contributed by atoms with Crippen LogP contribution in [0.2, 0.25) is 0 Å². The van der Waals surface area contributed by atoms with Gasteiger partial charge in [-0.2, -0.15) is 0 Å². The smallest absolute Gasteiger partial charge is 0.0327 e. The van der Waals surface area contributed by atoms with E-state index in [4.69, 9.17) is 0 Å². The molecule has 0 aromatic carbocycles. The fourth-order valence-corrected chi connectivity index (χ4v) is 3.72. The summed E-state index contributed by atoms with van der Waals surface area (Å²) in [5.41, 5.74) is 0.455. The van der Waals surface area contributed by atoms with Crippen molar-refractivity contribution >= 4 is 0 Å². The molecule has 1 N–H and O–H groups in total. The van der Waals surface area contributed by atoms with Crippen molar-refractivity contribution in [3.05, 3.63) is 0 Å². The van der Waals surface area contributed by atoms with Crippen molar-refractivity contribution in [2.45, 2.75) is 63.3 Å². The van der Waals surface area contributed by atoms with Gasteiger partial charge in [0.05, 0.1) is 0 Å². The van der Waals surface area contributed by atoms with Crippen LogP contribution in [0.15, 0.2) is 0 Å². The molecule has 2 saturated carbocycles. The highest BCUT2D eigenvalue weighted by Crippen LogP contribution is 2.32. The Bertz CT molecular complexity index is 213. The van der Waals surface area contributed by atoms with Gasteiger partial charge in [0.15, 0.2) is 0 Å². The van der Waals surface area contributed by atoms with E-state index in [1.165, 1.54) is 70.9 Å². The Hall–Kier alpha value is -0.0800.